The highest BCUT2D eigenvalue weighted by molar-refractivity contribution is 5.94. The molecule has 0 aliphatic carbocycles. The fourth-order valence-electron chi connectivity index (χ4n) is 1.73. The molecule has 1 aromatic rings. The van der Waals surface area contributed by atoms with Gasteiger partial charge in [-0.2, -0.15) is 0 Å². The second-order valence-corrected chi connectivity index (χ2v) is 3.72. The zero-order valence-electron chi connectivity index (χ0n) is 8.31. The summed E-state index contributed by atoms with van der Waals surface area (Å²) < 4.78 is 4.48. The highest BCUT2D eigenvalue weighted by Crippen LogP contribution is 2.21. The summed E-state index contributed by atoms with van der Waals surface area (Å²) in [6, 6.07) is 9.92. The van der Waals surface area contributed by atoms with E-state index in [0.29, 0.717) is 6.42 Å². The summed E-state index contributed by atoms with van der Waals surface area (Å²) in [4.78, 5) is 22.0. The number of ether oxygens (including phenoxy) is 1. The fraction of sp³-hybridized carbons (Fsp3) is 0.333. The standard InChI is InChI=1S/C12H12O3/c13-11-8-10(12(14)15-11)7-6-9-4-2-1-3-5-9/h1-5,10H,6-8H2. The third kappa shape index (κ3) is 2.43. The Kier molecular flexibility index (Phi) is 2.81. The van der Waals surface area contributed by atoms with E-state index in [2.05, 4.69) is 4.74 Å². The summed E-state index contributed by atoms with van der Waals surface area (Å²) in [7, 11) is 0. The van der Waals surface area contributed by atoms with Crippen LogP contribution >= 0.6 is 0 Å². The van der Waals surface area contributed by atoms with E-state index in [1.165, 1.54) is 5.56 Å². The van der Waals surface area contributed by atoms with Crippen LogP contribution in [0.2, 0.25) is 0 Å². The summed E-state index contributed by atoms with van der Waals surface area (Å²) >= 11 is 0. The summed E-state index contributed by atoms with van der Waals surface area (Å²) in [5.41, 5.74) is 1.18. The van der Waals surface area contributed by atoms with Crippen LogP contribution < -0.4 is 0 Å². The number of hydrogen-bond donors (Lipinski definition) is 0. The molecule has 1 aliphatic heterocycles. The van der Waals surface area contributed by atoms with Gasteiger partial charge in [-0.15, -0.1) is 0 Å². The average molecular weight is 204 g/mol. The smallest absolute Gasteiger partial charge is 0.317 e. The Morgan fingerprint density at radius 3 is 2.53 bits per heavy atom. The first-order valence-corrected chi connectivity index (χ1v) is 5.04. The normalized spacial score (nSPS) is 20.4. The molecular weight excluding hydrogens is 192 g/mol. The van der Waals surface area contributed by atoms with Crippen LogP contribution in [0.3, 0.4) is 0 Å². The van der Waals surface area contributed by atoms with E-state index in [9.17, 15) is 9.59 Å². The molecule has 0 spiro atoms. The van der Waals surface area contributed by atoms with Gasteiger partial charge in [0.25, 0.3) is 0 Å². The van der Waals surface area contributed by atoms with Crippen LogP contribution in [-0.2, 0) is 20.7 Å². The third-order valence-electron chi connectivity index (χ3n) is 2.59. The lowest BCUT2D eigenvalue weighted by Gasteiger charge is -2.03. The molecule has 1 atom stereocenters. The van der Waals surface area contributed by atoms with Crippen molar-refractivity contribution in [1.29, 1.82) is 0 Å². The number of hydrogen-bond acceptors (Lipinski definition) is 3. The zero-order chi connectivity index (χ0) is 10.7. The topological polar surface area (TPSA) is 43.4 Å². The largest absolute Gasteiger partial charge is 0.393 e. The van der Waals surface area contributed by atoms with Crippen molar-refractivity contribution in [3.8, 4) is 0 Å². The molecule has 2 rings (SSSR count). The maximum atomic E-state index is 11.2. The summed E-state index contributed by atoms with van der Waals surface area (Å²) in [6.07, 6.45) is 1.74. The van der Waals surface area contributed by atoms with Crippen molar-refractivity contribution in [2.24, 2.45) is 5.92 Å². The molecule has 1 aliphatic rings. The maximum Gasteiger partial charge on any atom is 0.317 e. The van der Waals surface area contributed by atoms with Crippen LogP contribution in [-0.4, -0.2) is 11.9 Å². The predicted octanol–water partition coefficient (Wildman–Crippen LogP) is 1.71. The summed E-state index contributed by atoms with van der Waals surface area (Å²) in [6.45, 7) is 0. The van der Waals surface area contributed by atoms with Crippen LogP contribution in [0.15, 0.2) is 30.3 Å². The molecule has 0 bridgehead atoms. The highest BCUT2D eigenvalue weighted by Gasteiger charge is 2.32. The van der Waals surface area contributed by atoms with Gasteiger partial charge in [-0.1, -0.05) is 30.3 Å². The van der Waals surface area contributed by atoms with Gasteiger partial charge in [0.15, 0.2) is 0 Å². The zero-order valence-corrected chi connectivity index (χ0v) is 8.31. The SMILES string of the molecule is O=C1CC(CCc2ccccc2)C(=O)O1. The Morgan fingerprint density at radius 1 is 1.20 bits per heavy atom. The minimum absolute atomic E-state index is 0.238. The van der Waals surface area contributed by atoms with Gasteiger partial charge in [-0.05, 0) is 18.4 Å². The lowest BCUT2D eigenvalue weighted by Crippen LogP contribution is -2.08. The third-order valence-corrected chi connectivity index (χ3v) is 2.59. The maximum absolute atomic E-state index is 11.2. The van der Waals surface area contributed by atoms with E-state index in [-0.39, 0.29) is 18.3 Å². The number of aryl methyl sites for hydroxylation is 1. The lowest BCUT2D eigenvalue weighted by molar-refractivity contribution is -0.153. The molecule has 3 nitrogen and oxygen atoms in total. The first-order valence-electron chi connectivity index (χ1n) is 5.04. The fourth-order valence-corrected chi connectivity index (χ4v) is 1.73. The molecule has 0 saturated carbocycles. The molecule has 78 valence electrons. The van der Waals surface area contributed by atoms with E-state index in [4.69, 9.17) is 0 Å². The van der Waals surface area contributed by atoms with Crippen molar-refractivity contribution >= 4 is 11.9 Å². The van der Waals surface area contributed by atoms with Gasteiger partial charge < -0.3 is 4.74 Å². The predicted molar refractivity (Wildman–Crippen MR) is 54.0 cm³/mol. The van der Waals surface area contributed by atoms with Crippen molar-refractivity contribution in [1.82, 2.24) is 0 Å². The van der Waals surface area contributed by atoms with Gasteiger partial charge in [0.2, 0.25) is 0 Å². The van der Waals surface area contributed by atoms with Crippen molar-refractivity contribution in [2.45, 2.75) is 19.3 Å². The molecule has 0 N–H and O–H groups in total. The lowest BCUT2D eigenvalue weighted by atomic mass is 9.98. The Labute approximate surface area is 88.1 Å². The molecule has 1 heterocycles. The minimum Gasteiger partial charge on any atom is -0.393 e. The number of rotatable bonds is 3. The van der Waals surface area contributed by atoms with E-state index in [0.717, 1.165) is 6.42 Å². The number of carbonyl (C=O) groups excluding carboxylic acids is 2. The molecule has 1 saturated heterocycles. The van der Waals surface area contributed by atoms with E-state index in [1.807, 2.05) is 30.3 Å². The highest BCUT2D eigenvalue weighted by atomic mass is 16.6. The van der Waals surface area contributed by atoms with Gasteiger partial charge in [-0.25, -0.2) is 0 Å². The molecule has 1 fully saturated rings. The summed E-state index contributed by atoms with van der Waals surface area (Å²) in [5, 5.41) is 0. The molecule has 0 amide bonds. The van der Waals surface area contributed by atoms with Crippen LogP contribution in [0.4, 0.5) is 0 Å². The Balaban J connectivity index is 1.89. The second kappa shape index (κ2) is 4.26. The van der Waals surface area contributed by atoms with Crippen molar-refractivity contribution < 1.29 is 14.3 Å². The molecule has 0 radical (unpaired) electrons. The van der Waals surface area contributed by atoms with Gasteiger partial charge >= 0.3 is 11.9 Å². The number of cyclic esters (lactones) is 2. The van der Waals surface area contributed by atoms with E-state index < -0.39 is 5.97 Å². The second-order valence-electron chi connectivity index (χ2n) is 3.72. The minimum atomic E-state index is -0.391. The van der Waals surface area contributed by atoms with Crippen LogP contribution in [0.1, 0.15) is 18.4 Å². The van der Waals surface area contributed by atoms with Crippen LogP contribution in [0.5, 0.6) is 0 Å². The molecule has 1 aromatic carbocycles. The monoisotopic (exact) mass is 204 g/mol. The van der Waals surface area contributed by atoms with Crippen molar-refractivity contribution in [3.63, 3.8) is 0 Å². The van der Waals surface area contributed by atoms with E-state index >= 15 is 0 Å². The van der Waals surface area contributed by atoms with Crippen molar-refractivity contribution in [2.75, 3.05) is 0 Å². The Hall–Kier alpha value is -1.64. The molecule has 0 aromatic heterocycles. The van der Waals surface area contributed by atoms with Gasteiger partial charge in [0.05, 0.1) is 12.3 Å². The van der Waals surface area contributed by atoms with Crippen LogP contribution in [0.25, 0.3) is 0 Å². The average Bonchev–Trinajstić information content (AvgIpc) is 2.56. The number of benzene rings is 1. The molecule has 3 heteroatoms. The molecule has 15 heavy (non-hydrogen) atoms. The number of carbonyl (C=O) groups is 2. The van der Waals surface area contributed by atoms with Crippen LogP contribution in [0, 0.1) is 5.92 Å². The van der Waals surface area contributed by atoms with Gasteiger partial charge in [0.1, 0.15) is 0 Å². The Bertz CT molecular complexity index is 370. The van der Waals surface area contributed by atoms with Gasteiger partial charge in [0, 0.05) is 0 Å². The quantitative estimate of drug-likeness (QED) is 0.556. The first kappa shape index (κ1) is 9.90. The van der Waals surface area contributed by atoms with Gasteiger partial charge in [-0.3, -0.25) is 9.59 Å². The molecular formula is C12H12O3. The molecule has 1 unspecified atom stereocenters. The first-order chi connectivity index (χ1) is 7.25. The Morgan fingerprint density at radius 2 is 1.93 bits per heavy atom. The summed E-state index contributed by atoms with van der Waals surface area (Å²) in [5.74, 6) is -0.994. The van der Waals surface area contributed by atoms with E-state index in [1.54, 1.807) is 0 Å². The number of esters is 2. The van der Waals surface area contributed by atoms with Crippen molar-refractivity contribution in [3.05, 3.63) is 35.9 Å².